The molecule has 0 radical (unpaired) electrons. The Morgan fingerprint density at radius 2 is 2.06 bits per heavy atom. The Hall–Kier alpha value is -1.26. The van der Waals surface area contributed by atoms with Crippen molar-refractivity contribution in [3.8, 4) is 12.3 Å². The van der Waals surface area contributed by atoms with Gasteiger partial charge in [-0.25, -0.2) is 0 Å². The lowest BCUT2D eigenvalue weighted by Crippen LogP contribution is -2.51. The van der Waals surface area contributed by atoms with E-state index in [1.165, 1.54) is 31.6 Å². The summed E-state index contributed by atoms with van der Waals surface area (Å²) in [5, 5.41) is 0. The second-order valence-electron chi connectivity index (χ2n) is 5.40. The molecule has 3 saturated heterocycles. The summed E-state index contributed by atoms with van der Waals surface area (Å²) in [5.41, 5.74) is 1.50. The molecule has 4 atom stereocenters. The fraction of sp³-hybridized carbons (Fsp3) is 0.500. The number of fused-ring (bicyclic) bond motifs is 3. The van der Waals surface area contributed by atoms with E-state index >= 15 is 0 Å². The van der Waals surface area contributed by atoms with E-state index in [2.05, 4.69) is 41.2 Å². The molecule has 88 valence electrons. The van der Waals surface area contributed by atoms with Crippen LogP contribution in [0.15, 0.2) is 30.3 Å². The second kappa shape index (κ2) is 4.55. The number of rotatable bonds is 2. The number of nitrogens with zero attached hydrogens (tertiary/aromatic N) is 1. The van der Waals surface area contributed by atoms with Crippen molar-refractivity contribution in [3.63, 3.8) is 0 Å². The van der Waals surface area contributed by atoms with Crippen molar-refractivity contribution < 1.29 is 0 Å². The van der Waals surface area contributed by atoms with Crippen LogP contribution in [0.4, 0.5) is 0 Å². The van der Waals surface area contributed by atoms with E-state index in [0.29, 0.717) is 11.8 Å². The van der Waals surface area contributed by atoms with E-state index in [1.807, 2.05) is 0 Å². The summed E-state index contributed by atoms with van der Waals surface area (Å²) in [6.45, 7) is 3.73. The van der Waals surface area contributed by atoms with Crippen molar-refractivity contribution in [2.75, 3.05) is 19.6 Å². The monoisotopic (exact) mass is 225 g/mol. The highest BCUT2D eigenvalue weighted by atomic mass is 15.2. The summed E-state index contributed by atoms with van der Waals surface area (Å²) in [4.78, 5) is 2.60. The summed E-state index contributed by atoms with van der Waals surface area (Å²) in [5.74, 6) is 5.09. The number of hydrogen-bond donors (Lipinski definition) is 0. The fourth-order valence-electron chi connectivity index (χ4n) is 3.65. The predicted molar refractivity (Wildman–Crippen MR) is 70.7 cm³/mol. The number of benzene rings is 1. The highest BCUT2D eigenvalue weighted by Gasteiger charge is 2.40. The van der Waals surface area contributed by atoms with Gasteiger partial charge < -0.3 is 4.90 Å². The van der Waals surface area contributed by atoms with Crippen LogP contribution < -0.4 is 0 Å². The van der Waals surface area contributed by atoms with Gasteiger partial charge in [0.15, 0.2) is 0 Å². The van der Waals surface area contributed by atoms with Crippen LogP contribution in [0.3, 0.4) is 0 Å². The first-order valence-corrected chi connectivity index (χ1v) is 6.59. The molecule has 0 aromatic heterocycles. The number of terminal acetylenes is 1. The minimum absolute atomic E-state index is 0.706. The first kappa shape index (κ1) is 10.9. The molecule has 2 bridgehead atoms. The fourth-order valence-corrected chi connectivity index (χ4v) is 3.65. The molecular formula is C16H19N. The minimum Gasteiger partial charge on any atom is -0.302 e. The van der Waals surface area contributed by atoms with E-state index in [9.17, 15) is 0 Å². The molecule has 3 aliphatic rings. The zero-order chi connectivity index (χ0) is 11.7. The maximum atomic E-state index is 5.51. The molecule has 0 spiro atoms. The molecule has 1 unspecified atom stereocenters. The van der Waals surface area contributed by atoms with Crippen LogP contribution in [0, 0.1) is 24.2 Å². The normalized spacial score (nSPS) is 35.5. The summed E-state index contributed by atoms with van der Waals surface area (Å²) in [6, 6.07) is 11.0. The summed E-state index contributed by atoms with van der Waals surface area (Å²) in [7, 11) is 0. The smallest absolute Gasteiger partial charge is 0.0129 e. The molecule has 3 heterocycles. The van der Waals surface area contributed by atoms with Crippen molar-refractivity contribution >= 4 is 0 Å². The van der Waals surface area contributed by atoms with Gasteiger partial charge >= 0.3 is 0 Å². The maximum Gasteiger partial charge on any atom is 0.0129 e. The van der Waals surface area contributed by atoms with E-state index in [-0.39, 0.29) is 0 Å². The van der Waals surface area contributed by atoms with Crippen LogP contribution in [-0.2, 0) is 0 Å². The second-order valence-corrected chi connectivity index (χ2v) is 5.40. The largest absolute Gasteiger partial charge is 0.302 e. The molecular weight excluding hydrogens is 206 g/mol. The zero-order valence-electron chi connectivity index (χ0n) is 10.2. The number of piperidine rings is 3. The standard InChI is InChI=1S/C16H19N/c1-2-6-14-11-17-10-9-15(14)16(12-17)13-7-4-3-5-8-13/h1,3-5,7-8,14-16H,6,9-12H2/t14-,15+,16-/m1/s1. The summed E-state index contributed by atoms with van der Waals surface area (Å²) < 4.78 is 0. The van der Waals surface area contributed by atoms with Crippen LogP contribution in [0.2, 0.25) is 0 Å². The third-order valence-electron chi connectivity index (χ3n) is 4.46. The Kier molecular flexibility index (Phi) is 2.91. The SMILES string of the molecule is C#CC[C@@H]1CN2CC[C@@H]1[C@@H](c1ccccc1)C2. The molecule has 0 saturated carbocycles. The Morgan fingerprint density at radius 1 is 1.24 bits per heavy atom. The van der Waals surface area contributed by atoms with E-state index < -0.39 is 0 Å². The lowest BCUT2D eigenvalue weighted by Gasteiger charge is -2.49. The molecule has 0 amide bonds. The minimum atomic E-state index is 0.706. The summed E-state index contributed by atoms with van der Waals surface area (Å²) >= 11 is 0. The van der Waals surface area contributed by atoms with Crippen molar-refractivity contribution in [1.82, 2.24) is 4.90 Å². The van der Waals surface area contributed by atoms with Gasteiger partial charge in [-0.3, -0.25) is 0 Å². The van der Waals surface area contributed by atoms with Crippen LogP contribution in [-0.4, -0.2) is 24.5 Å². The lowest BCUT2D eigenvalue weighted by molar-refractivity contribution is 0.0322. The van der Waals surface area contributed by atoms with Gasteiger partial charge in [0.25, 0.3) is 0 Å². The van der Waals surface area contributed by atoms with E-state index in [0.717, 1.165) is 12.3 Å². The van der Waals surface area contributed by atoms with Crippen molar-refractivity contribution in [3.05, 3.63) is 35.9 Å². The highest BCUT2D eigenvalue weighted by Crippen LogP contribution is 2.43. The van der Waals surface area contributed by atoms with Gasteiger partial charge in [0, 0.05) is 19.5 Å². The van der Waals surface area contributed by atoms with E-state index in [4.69, 9.17) is 6.42 Å². The average molecular weight is 225 g/mol. The average Bonchev–Trinajstić information content (AvgIpc) is 2.41. The Labute approximate surface area is 104 Å². The van der Waals surface area contributed by atoms with Gasteiger partial charge in [-0.2, -0.15) is 0 Å². The van der Waals surface area contributed by atoms with Gasteiger partial charge in [-0.15, -0.1) is 12.3 Å². The van der Waals surface area contributed by atoms with Gasteiger partial charge in [0.2, 0.25) is 0 Å². The topological polar surface area (TPSA) is 3.24 Å². The van der Waals surface area contributed by atoms with E-state index in [1.54, 1.807) is 0 Å². The third kappa shape index (κ3) is 1.98. The Balaban J connectivity index is 1.85. The van der Waals surface area contributed by atoms with Gasteiger partial charge in [-0.1, -0.05) is 30.3 Å². The highest BCUT2D eigenvalue weighted by molar-refractivity contribution is 5.23. The zero-order valence-corrected chi connectivity index (χ0v) is 10.2. The molecule has 1 aromatic carbocycles. The molecule has 1 heteroatoms. The molecule has 1 aromatic rings. The quantitative estimate of drug-likeness (QED) is 0.700. The molecule has 1 nitrogen and oxygen atoms in total. The van der Waals surface area contributed by atoms with Crippen LogP contribution >= 0.6 is 0 Å². The number of hydrogen-bond acceptors (Lipinski definition) is 1. The van der Waals surface area contributed by atoms with Crippen LogP contribution in [0.1, 0.15) is 24.3 Å². The molecule has 3 fully saturated rings. The molecule has 3 aliphatic heterocycles. The Morgan fingerprint density at radius 3 is 2.76 bits per heavy atom. The molecule has 4 rings (SSSR count). The van der Waals surface area contributed by atoms with Crippen LogP contribution in [0.5, 0.6) is 0 Å². The first-order chi connectivity index (χ1) is 8.38. The lowest BCUT2D eigenvalue weighted by atomic mass is 9.69. The van der Waals surface area contributed by atoms with Gasteiger partial charge in [0.1, 0.15) is 0 Å². The Bertz CT molecular complexity index is 417. The third-order valence-corrected chi connectivity index (χ3v) is 4.46. The first-order valence-electron chi connectivity index (χ1n) is 6.59. The summed E-state index contributed by atoms with van der Waals surface area (Å²) in [6.07, 6.45) is 7.78. The van der Waals surface area contributed by atoms with Crippen molar-refractivity contribution in [2.45, 2.75) is 18.8 Å². The predicted octanol–water partition coefficient (Wildman–Crippen LogP) is 2.75. The molecule has 0 N–H and O–H groups in total. The van der Waals surface area contributed by atoms with Crippen LogP contribution in [0.25, 0.3) is 0 Å². The van der Waals surface area contributed by atoms with Gasteiger partial charge in [-0.05, 0) is 36.3 Å². The van der Waals surface area contributed by atoms with Crippen molar-refractivity contribution in [2.24, 2.45) is 11.8 Å². The molecule has 17 heavy (non-hydrogen) atoms. The van der Waals surface area contributed by atoms with Crippen molar-refractivity contribution in [1.29, 1.82) is 0 Å². The van der Waals surface area contributed by atoms with Gasteiger partial charge in [0.05, 0.1) is 0 Å². The molecule has 0 aliphatic carbocycles. The maximum absolute atomic E-state index is 5.51.